The van der Waals surface area contributed by atoms with Crippen molar-refractivity contribution in [2.45, 2.75) is 59.8 Å². The highest BCUT2D eigenvalue weighted by Gasteiger charge is 2.84. The van der Waals surface area contributed by atoms with Gasteiger partial charge < -0.3 is 0 Å². The molecule has 3 aliphatic carbocycles. The van der Waals surface area contributed by atoms with Crippen LogP contribution in [0.3, 0.4) is 0 Å². The summed E-state index contributed by atoms with van der Waals surface area (Å²) in [6, 6.07) is 0. The van der Waals surface area contributed by atoms with Crippen molar-refractivity contribution >= 4 is 0 Å². The molecule has 0 amide bonds. The van der Waals surface area contributed by atoms with E-state index in [-0.39, 0.29) is 0 Å². The molecule has 0 aliphatic heterocycles. The van der Waals surface area contributed by atoms with Gasteiger partial charge in [0.25, 0.3) is 0 Å². The maximum absolute atomic E-state index is 2.56. The zero-order chi connectivity index (χ0) is 10.8. The summed E-state index contributed by atoms with van der Waals surface area (Å²) in [4.78, 5) is 0. The molecule has 0 aromatic heterocycles. The van der Waals surface area contributed by atoms with Crippen LogP contribution in [0.4, 0.5) is 0 Å². The molecule has 15 heavy (non-hydrogen) atoms. The highest BCUT2D eigenvalue weighted by atomic mass is 14.9. The van der Waals surface area contributed by atoms with Crippen molar-refractivity contribution in [3.05, 3.63) is 0 Å². The van der Waals surface area contributed by atoms with E-state index in [4.69, 9.17) is 0 Å². The lowest BCUT2D eigenvalue weighted by atomic mass is 9.70. The maximum Gasteiger partial charge on any atom is -0.0222 e. The van der Waals surface area contributed by atoms with E-state index in [1.165, 1.54) is 19.3 Å². The van der Waals surface area contributed by atoms with E-state index in [1.54, 1.807) is 12.8 Å². The van der Waals surface area contributed by atoms with Crippen LogP contribution in [0.1, 0.15) is 59.8 Å². The van der Waals surface area contributed by atoms with Gasteiger partial charge in [-0.3, -0.25) is 0 Å². The van der Waals surface area contributed by atoms with E-state index >= 15 is 0 Å². The van der Waals surface area contributed by atoms with Crippen LogP contribution in [0.5, 0.6) is 0 Å². The molecule has 6 atom stereocenters. The van der Waals surface area contributed by atoms with Crippen LogP contribution in [0.25, 0.3) is 0 Å². The molecule has 0 nitrogen and oxygen atoms in total. The molecule has 0 aromatic carbocycles. The monoisotopic (exact) mass is 206 g/mol. The number of hydrogen-bond acceptors (Lipinski definition) is 0. The first-order chi connectivity index (χ1) is 7.10. The third-order valence-corrected chi connectivity index (χ3v) is 6.29. The smallest absolute Gasteiger partial charge is 0.0222 e. The van der Waals surface area contributed by atoms with Gasteiger partial charge >= 0.3 is 0 Å². The van der Waals surface area contributed by atoms with Crippen LogP contribution in [0.2, 0.25) is 0 Å². The summed E-state index contributed by atoms with van der Waals surface area (Å²) >= 11 is 0. The van der Waals surface area contributed by atoms with Crippen molar-refractivity contribution in [2.75, 3.05) is 0 Å². The molecule has 0 saturated heterocycles. The van der Waals surface area contributed by atoms with E-state index in [2.05, 4.69) is 27.7 Å². The Kier molecular flexibility index (Phi) is 1.91. The molecule has 3 rings (SSSR count). The summed E-state index contributed by atoms with van der Waals surface area (Å²) in [5, 5.41) is 0. The minimum absolute atomic E-state index is 0.818. The Hall–Kier alpha value is 0. The lowest BCUT2D eigenvalue weighted by molar-refractivity contribution is 0.137. The molecular formula is C15H26. The number of fused-ring (bicyclic) bond motifs is 2. The van der Waals surface area contributed by atoms with Crippen molar-refractivity contribution in [1.29, 1.82) is 0 Å². The minimum Gasteiger partial charge on any atom is -0.0654 e. The summed E-state index contributed by atoms with van der Waals surface area (Å²) in [5.74, 6) is 4.39. The third-order valence-electron chi connectivity index (χ3n) is 6.29. The zero-order valence-corrected chi connectivity index (χ0v) is 10.8. The molecule has 0 radical (unpaired) electrons. The van der Waals surface area contributed by atoms with Crippen LogP contribution in [0, 0.1) is 34.5 Å². The lowest BCUT2D eigenvalue weighted by Gasteiger charge is -2.34. The van der Waals surface area contributed by atoms with E-state index in [9.17, 15) is 0 Å². The fourth-order valence-corrected chi connectivity index (χ4v) is 5.42. The Morgan fingerprint density at radius 1 is 1.33 bits per heavy atom. The van der Waals surface area contributed by atoms with Gasteiger partial charge in [-0.15, -0.1) is 0 Å². The average Bonchev–Trinajstić information content (AvgIpc) is 3.02. The Labute approximate surface area is 94.8 Å². The Morgan fingerprint density at radius 3 is 2.67 bits per heavy atom. The highest BCUT2D eigenvalue weighted by Crippen LogP contribution is 2.91. The quantitative estimate of drug-likeness (QED) is 0.635. The van der Waals surface area contributed by atoms with Crippen LogP contribution < -0.4 is 0 Å². The number of hydrogen-bond donors (Lipinski definition) is 0. The summed E-state index contributed by atoms with van der Waals surface area (Å²) in [7, 11) is 0. The van der Waals surface area contributed by atoms with E-state index in [0.717, 1.165) is 34.5 Å². The van der Waals surface area contributed by atoms with Gasteiger partial charge in [-0.2, -0.15) is 0 Å². The predicted octanol–water partition coefficient (Wildman–Crippen LogP) is 4.49. The zero-order valence-electron chi connectivity index (χ0n) is 10.8. The Balaban J connectivity index is 1.66. The molecular weight excluding hydrogens is 180 g/mol. The van der Waals surface area contributed by atoms with Crippen molar-refractivity contribution in [1.82, 2.24) is 0 Å². The summed E-state index contributed by atoms with van der Waals surface area (Å²) in [6.07, 6.45) is 7.48. The molecule has 3 saturated carbocycles. The Morgan fingerprint density at radius 2 is 2.07 bits per heavy atom. The Bertz CT molecular complexity index is 282. The van der Waals surface area contributed by atoms with Crippen molar-refractivity contribution in [3.63, 3.8) is 0 Å². The van der Waals surface area contributed by atoms with Gasteiger partial charge in [0.15, 0.2) is 0 Å². The first-order valence-electron chi connectivity index (χ1n) is 7.10. The van der Waals surface area contributed by atoms with Gasteiger partial charge in [0, 0.05) is 0 Å². The van der Waals surface area contributed by atoms with Crippen LogP contribution in [-0.2, 0) is 0 Å². The summed E-state index contributed by atoms with van der Waals surface area (Å²) in [5.41, 5.74) is 1.70. The molecule has 0 heterocycles. The van der Waals surface area contributed by atoms with Gasteiger partial charge in [-0.05, 0) is 53.8 Å². The highest BCUT2D eigenvalue weighted by molar-refractivity contribution is 5.32. The molecule has 0 heteroatoms. The van der Waals surface area contributed by atoms with Crippen LogP contribution in [-0.4, -0.2) is 0 Å². The molecule has 3 aliphatic rings. The predicted molar refractivity (Wildman–Crippen MR) is 64.6 cm³/mol. The van der Waals surface area contributed by atoms with E-state index in [1.807, 2.05) is 0 Å². The number of rotatable bonds is 4. The summed E-state index contributed by atoms with van der Waals surface area (Å²) in [6.45, 7) is 9.76. The van der Waals surface area contributed by atoms with E-state index < -0.39 is 0 Å². The third kappa shape index (κ3) is 1.04. The first-order valence-corrected chi connectivity index (χ1v) is 7.10. The molecule has 0 N–H and O–H groups in total. The van der Waals surface area contributed by atoms with Crippen LogP contribution >= 0.6 is 0 Å². The largest absolute Gasteiger partial charge is 0.0654 e. The summed E-state index contributed by atoms with van der Waals surface area (Å²) < 4.78 is 0. The van der Waals surface area contributed by atoms with Gasteiger partial charge in [0.2, 0.25) is 0 Å². The molecule has 0 bridgehead atoms. The average molecular weight is 206 g/mol. The molecule has 3 fully saturated rings. The molecule has 6 unspecified atom stereocenters. The standard InChI is InChI=1S/C15H26/c1-5-7-11-13-14(11,4)9-15(13)8-12(15)10(3)6-2/h10-13H,5-9H2,1-4H3. The lowest BCUT2D eigenvalue weighted by Crippen LogP contribution is -2.28. The first kappa shape index (κ1) is 10.2. The second-order valence-corrected chi connectivity index (χ2v) is 6.98. The fraction of sp³-hybridized carbons (Fsp3) is 1.00. The van der Waals surface area contributed by atoms with Crippen LogP contribution in [0.15, 0.2) is 0 Å². The molecule has 1 spiro atoms. The minimum atomic E-state index is 0.818. The van der Waals surface area contributed by atoms with E-state index in [0.29, 0.717) is 0 Å². The van der Waals surface area contributed by atoms with Gasteiger partial charge in [-0.1, -0.05) is 40.5 Å². The van der Waals surface area contributed by atoms with Crippen molar-refractivity contribution in [3.8, 4) is 0 Å². The normalized spacial score (nSPS) is 57.2. The molecule has 0 aromatic rings. The molecule has 86 valence electrons. The maximum atomic E-state index is 2.56. The SMILES string of the molecule is CCCC1C2C1(C)CC21CC1C(C)CC. The fourth-order valence-electron chi connectivity index (χ4n) is 5.42. The van der Waals surface area contributed by atoms with Gasteiger partial charge in [-0.25, -0.2) is 0 Å². The van der Waals surface area contributed by atoms with Gasteiger partial charge in [0.05, 0.1) is 0 Å². The topological polar surface area (TPSA) is 0 Å². The second kappa shape index (κ2) is 2.81. The second-order valence-electron chi connectivity index (χ2n) is 6.98. The van der Waals surface area contributed by atoms with Crippen molar-refractivity contribution < 1.29 is 0 Å². The van der Waals surface area contributed by atoms with Crippen molar-refractivity contribution in [2.24, 2.45) is 34.5 Å². The van der Waals surface area contributed by atoms with Gasteiger partial charge in [0.1, 0.15) is 0 Å².